The largest absolute Gasteiger partial charge is 0.330 e. The van der Waals surface area contributed by atoms with Crippen LogP contribution in [-0.4, -0.2) is 30.3 Å². The molecule has 6 heteroatoms. The fraction of sp³-hybridized carbons (Fsp3) is 0.320. The molecule has 0 unspecified atom stereocenters. The summed E-state index contributed by atoms with van der Waals surface area (Å²) in [6, 6.07) is 7.91. The molecule has 3 aromatic heterocycles. The van der Waals surface area contributed by atoms with Gasteiger partial charge in [-0.2, -0.15) is 0 Å². The number of rotatable bonds is 7. The summed E-state index contributed by atoms with van der Waals surface area (Å²) in [5, 5.41) is 0. The van der Waals surface area contributed by atoms with Gasteiger partial charge in [0.25, 0.3) is 0 Å². The second kappa shape index (κ2) is 8.76. The van der Waals surface area contributed by atoms with E-state index in [0.717, 1.165) is 45.8 Å². The zero-order valence-corrected chi connectivity index (χ0v) is 18.5. The first-order chi connectivity index (χ1) is 14.9. The highest BCUT2D eigenvalue weighted by molar-refractivity contribution is 6.03. The molecule has 3 heterocycles. The quantitative estimate of drug-likeness (QED) is 0.400. The Kier molecular flexibility index (Phi) is 5.89. The van der Waals surface area contributed by atoms with Gasteiger partial charge in [0.15, 0.2) is 5.78 Å². The van der Waals surface area contributed by atoms with Crippen LogP contribution in [0.1, 0.15) is 47.6 Å². The van der Waals surface area contributed by atoms with Gasteiger partial charge in [-0.15, -0.1) is 0 Å². The van der Waals surface area contributed by atoms with E-state index in [-0.39, 0.29) is 5.78 Å². The lowest BCUT2D eigenvalue weighted by molar-refractivity contribution is 0.0982. The number of aryl methyl sites for hydroxylation is 3. The molecular weight excluding hydrogens is 386 g/mol. The van der Waals surface area contributed by atoms with E-state index in [1.54, 1.807) is 12.4 Å². The van der Waals surface area contributed by atoms with Gasteiger partial charge in [-0.25, -0.2) is 4.98 Å². The van der Waals surface area contributed by atoms with Gasteiger partial charge in [-0.05, 0) is 49.9 Å². The van der Waals surface area contributed by atoms with Crippen LogP contribution in [0.3, 0.4) is 0 Å². The number of fused-ring (bicyclic) bond motifs is 1. The second-order valence-corrected chi connectivity index (χ2v) is 8.48. The minimum Gasteiger partial charge on any atom is -0.330 e. The lowest BCUT2D eigenvalue weighted by Gasteiger charge is -2.11. The topological polar surface area (TPSA) is 73.6 Å². The van der Waals surface area contributed by atoms with E-state index in [0.29, 0.717) is 24.3 Å². The highest BCUT2D eigenvalue weighted by Crippen LogP contribution is 2.29. The van der Waals surface area contributed by atoms with Gasteiger partial charge in [0.2, 0.25) is 0 Å². The number of Topliss-reactive ketones (excluding diaryl/α,β-unsaturated/α-hetero) is 1. The third kappa shape index (κ3) is 4.68. The van der Waals surface area contributed by atoms with E-state index in [2.05, 4.69) is 38.4 Å². The summed E-state index contributed by atoms with van der Waals surface area (Å²) >= 11 is 0. The number of carbonyl (C=O) groups is 1. The van der Waals surface area contributed by atoms with Crippen LogP contribution < -0.4 is 0 Å². The highest BCUT2D eigenvalue weighted by atomic mass is 16.1. The van der Waals surface area contributed by atoms with E-state index >= 15 is 0 Å². The van der Waals surface area contributed by atoms with Crippen LogP contribution in [0, 0.1) is 19.8 Å². The predicted molar refractivity (Wildman–Crippen MR) is 122 cm³/mol. The molecule has 6 nitrogen and oxygen atoms in total. The zero-order valence-electron chi connectivity index (χ0n) is 18.5. The van der Waals surface area contributed by atoms with Crippen molar-refractivity contribution >= 4 is 16.8 Å². The van der Waals surface area contributed by atoms with Crippen molar-refractivity contribution in [3.8, 4) is 11.3 Å². The van der Waals surface area contributed by atoms with Crippen molar-refractivity contribution in [3.05, 3.63) is 71.7 Å². The molecule has 158 valence electrons. The Morgan fingerprint density at radius 1 is 1.00 bits per heavy atom. The molecule has 31 heavy (non-hydrogen) atoms. The number of nitrogens with zero attached hydrogens (tertiary/aromatic N) is 5. The molecule has 1 aromatic carbocycles. The molecule has 4 rings (SSSR count). The number of pyridine rings is 1. The molecule has 4 aromatic rings. The summed E-state index contributed by atoms with van der Waals surface area (Å²) < 4.78 is 2.12. The summed E-state index contributed by atoms with van der Waals surface area (Å²) in [6.07, 6.45) is 8.12. The molecule has 0 spiro atoms. The summed E-state index contributed by atoms with van der Waals surface area (Å²) in [6.45, 7) is 9.10. The number of hydrogen-bond acceptors (Lipinski definition) is 5. The fourth-order valence-corrected chi connectivity index (χ4v) is 3.62. The molecule has 0 aliphatic carbocycles. The minimum atomic E-state index is 0.0786. The first-order valence-electron chi connectivity index (χ1n) is 10.6. The van der Waals surface area contributed by atoms with Crippen molar-refractivity contribution in [2.24, 2.45) is 5.92 Å². The second-order valence-electron chi connectivity index (χ2n) is 8.48. The maximum atomic E-state index is 13.1. The normalized spacial score (nSPS) is 11.4. The molecule has 0 saturated heterocycles. The third-order valence-electron chi connectivity index (χ3n) is 5.24. The van der Waals surface area contributed by atoms with Crippen LogP contribution in [0.25, 0.3) is 22.3 Å². The molecule has 0 aliphatic rings. The van der Waals surface area contributed by atoms with Crippen molar-refractivity contribution < 1.29 is 4.79 Å². The molecular formula is C25H27N5O. The molecule has 0 N–H and O–H groups in total. The van der Waals surface area contributed by atoms with Crippen LogP contribution in [-0.2, 0) is 13.0 Å². The fourth-order valence-electron chi connectivity index (χ4n) is 3.62. The van der Waals surface area contributed by atoms with Gasteiger partial charge < -0.3 is 4.57 Å². The van der Waals surface area contributed by atoms with Crippen LogP contribution >= 0.6 is 0 Å². The smallest absolute Gasteiger partial charge is 0.163 e. The van der Waals surface area contributed by atoms with E-state index in [1.165, 1.54) is 0 Å². The van der Waals surface area contributed by atoms with Gasteiger partial charge in [0.05, 0.1) is 34.4 Å². The molecule has 0 saturated carbocycles. The highest BCUT2D eigenvalue weighted by Gasteiger charge is 2.17. The Bertz CT molecular complexity index is 1210. The minimum absolute atomic E-state index is 0.0786. The third-order valence-corrected chi connectivity index (χ3v) is 5.24. The number of hydrogen-bond donors (Lipinski definition) is 0. The predicted octanol–water partition coefficient (Wildman–Crippen LogP) is 4.98. The van der Waals surface area contributed by atoms with Crippen molar-refractivity contribution in [3.63, 3.8) is 0 Å². The van der Waals surface area contributed by atoms with E-state index in [1.807, 2.05) is 50.6 Å². The lowest BCUT2D eigenvalue weighted by Crippen LogP contribution is -2.06. The van der Waals surface area contributed by atoms with Gasteiger partial charge in [0.1, 0.15) is 0 Å². The Hall–Kier alpha value is -3.41. The summed E-state index contributed by atoms with van der Waals surface area (Å²) in [5.41, 5.74) is 7.01. The Morgan fingerprint density at radius 3 is 2.52 bits per heavy atom. The van der Waals surface area contributed by atoms with Crippen molar-refractivity contribution in [2.75, 3.05) is 0 Å². The maximum Gasteiger partial charge on any atom is 0.163 e. The van der Waals surface area contributed by atoms with E-state index in [4.69, 9.17) is 0 Å². The summed E-state index contributed by atoms with van der Waals surface area (Å²) in [4.78, 5) is 31.0. The van der Waals surface area contributed by atoms with Gasteiger partial charge in [0, 0.05) is 42.7 Å². The average Bonchev–Trinajstić information content (AvgIpc) is 3.15. The molecule has 0 aliphatic heterocycles. The number of ketones is 1. The van der Waals surface area contributed by atoms with Gasteiger partial charge in [-0.3, -0.25) is 19.7 Å². The summed E-state index contributed by atoms with van der Waals surface area (Å²) in [5.74, 6) is 0.549. The van der Waals surface area contributed by atoms with Crippen LogP contribution in [0.15, 0.2) is 49.2 Å². The SMILES string of the molecule is Cc1ccc(-c2cc(C(=O)CCc3cnc(C)cn3)cc3c2ncn3CC(C)C)nc1. The van der Waals surface area contributed by atoms with Crippen LogP contribution in [0.5, 0.6) is 0 Å². The van der Waals surface area contributed by atoms with E-state index < -0.39 is 0 Å². The maximum absolute atomic E-state index is 13.1. The summed E-state index contributed by atoms with van der Waals surface area (Å²) in [7, 11) is 0. The molecule has 0 radical (unpaired) electrons. The monoisotopic (exact) mass is 413 g/mol. The van der Waals surface area contributed by atoms with Crippen LogP contribution in [0.4, 0.5) is 0 Å². The number of imidazole rings is 1. The van der Waals surface area contributed by atoms with Gasteiger partial charge >= 0.3 is 0 Å². The number of aromatic nitrogens is 5. The average molecular weight is 414 g/mol. The Labute approximate surface area is 182 Å². The molecule has 0 fully saturated rings. The molecule has 0 atom stereocenters. The van der Waals surface area contributed by atoms with Gasteiger partial charge in [-0.1, -0.05) is 19.9 Å². The van der Waals surface area contributed by atoms with Crippen molar-refractivity contribution in [2.45, 2.75) is 47.1 Å². The first-order valence-corrected chi connectivity index (χ1v) is 10.6. The Balaban J connectivity index is 1.72. The van der Waals surface area contributed by atoms with Crippen molar-refractivity contribution in [1.29, 1.82) is 0 Å². The number of benzene rings is 1. The zero-order chi connectivity index (χ0) is 22.0. The first kappa shape index (κ1) is 20.8. The number of carbonyl (C=O) groups excluding carboxylic acids is 1. The van der Waals surface area contributed by atoms with Crippen LogP contribution in [0.2, 0.25) is 0 Å². The lowest BCUT2D eigenvalue weighted by atomic mass is 9.99. The van der Waals surface area contributed by atoms with E-state index in [9.17, 15) is 4.79 Å². The molecule has 0 bridgehead atoms. The van der Waals surface area contributed by atoms with Crippen molar-refractivity contribution in [1.82, 2.24) is 24.5 Å². The standard InChI is InChI=1S/C25H27N5O/c1-16(2)14-30-15-29-25-21(22-7-5-17(3)11-28-22)9-19(10-23(25)30)24(31)8-6-20-13-26-18(4)12-27-20/h5,7,9-13,15-16H,6,8,14H2,1-4H3. The molecule has 0 amide bonds. The Morgan fingerprint density at radius 2 is 1.84 bits per heavy atom.